The number of hydrogen-bond donors (Lipinski definition) is 1. The highest BCUT2D eigenvalue weighted by atomic mass is 32.2. The van der Waals surface area contributed by atoms with Gasteiger partial charge in [0, 0.05) is 16.9 Å². The fraction of sp³-hybridized carbons (Fsp3) is 0.346. The van der Waals surface area contributed by atoms with Crippen LogP contribution >= 0.6 is 0 Å². The van der Waals surface area contributed by atoms with Gasteiger partial charge in [-0.15, -0.1) is 0 Å². The van der Waals surface area contributed by atoms with E-state index in [-0.39, 0.29) is 24.2 Å². The lowest BCUT2D eigenvalue weighted by atomic mass is 10.0. The topological polar surface area (TPSA) is 122 Å². The molecular weight excluding hydrogens is 506 g/mol. The van der Waals surface area contributed by atoms with Gasteiger partial charge in [-0.3, -0.25) is 9.36 Å². The number of nitrogens with zero attached hydrogens (tertiary/aromatic N) is 4. The Morgan fingerprint density at radius 3 is 2.30 bits per heavy atom. The second-order valence-electron chi connectivity index (χ2n) is 10.4. The molecule has 0 aliphatic carbocycles. The summed E-state index contributed by atoms with van der Waals surface area (Å²) in [5.41, 5.74) is 9.63. The maximum absolute atomic E-state index is 13.1. The predicted molar refractivity (Wildman–Crippen MR) is 150 cm³/mol. The lowest BCUT2D eigenvalue weighted by Crippen LogP contribution is -2.38. The van der Waals surface area contributed by atoms with E-state index in [2.05, 4.69) is 29.6 Å². The molecule has 0 amide bonds. The van der Waals surface area contributed by atoms with Crippen LogP contribution in [-0.2, 0) is 21.5 Å². The monoisotopic (exact) mass is 539 g/mol. The van der Waals surface area contributed by atoms with E-state index in [0.717, 1.165) is 9.54 Å². The van der Waals surface area contributed by atoms with Crippen molar-refractivity contribution >= 4 is 41.4 Å². The molecule has 196 valence electrons. The first-order valence-corrected chi connectivity index (χ1v) is 17.2. The zero-order valence-corrected chi connectivity index (χ0v) is 23.8. The van der Waals surface area contributed by atoms with Gasteiger partial charge in [-0.25, -0.2) is 22.4 Å². The van der Waals surface area contributed by atoms with Crippen molar-refractivity contribution in [2.75, 3.05) is 5.73 Å². The SMILES string of the molecule is CC(OCn1c(C=O)nc(-c2ccccc2)c1-c1ccc2nc(N)n(S(=O)(=O)C(C)C)c2c1)[Si](C)(C)C. The number of carbonyl (C=O) groups is 1. The molecule has 1 atom stereocenters. The number of aromatic nitrogens is 4. The molecule has 2 N–H and O–H groups in total. The van der Waals surface area contributed by atoms with Gasteiger partial charge in [0.2, 0.25) is 16.0 Å². The smallest absolute Gasteiger partial charge is 0.244 e. The minimum atomic E-state index is -3.77. The molecule has 0 spiro atoms. The Kier molecular flexibility index (Phi) is 7.15. The Morgan fingerprint density at radius 1 is 1.03 bits per heavy atom. The van der Waals surface area contributed by atoms with Crippen molar-refractivity contribution in [2.45, 2.75) is 58.1 Å². The largest absolute Gasteiger partial charge is 0.368 e. The van der Waals surface area contributed by atoms with E-state index in [0.29, 0.717) is 34.3 Å². The molecule has 0 radical (unpaired) electrons. The standard InChI is InChI=1S/C26H33N5O4SSi/c1-17(2)36(33,34)31-22-14-20(12-13-21(22)28-26(31)27)25-24(19-10-8-7-9-11-19)29-23(15-32)30(25)16-35-18(3)37(4,5)6/h7-15,17-18H,16H2,1-6H3,(H2,27,28). The van der Waals surface area contributed by atoms with Crippen molar-refractivity contribution in [3.63, 3.8) is 0 Å². The van der Waals surface area contributed by atoms with Crippen LogP contribution in [0.1, 0.15) is 31.4 Å². The van der Waals surface area contributed by atoms with Crippen molar-refractivity contribution in [1.29, 1.82) is 0 Å². The van der Waals surface area contributed by atoms with Gasteiger partial charge in [0.1, 0.15) is 6.73 Å². The van der Waals surface area contributed by atoms with Gasteiger partial charge in [-0.05, 0) is 32.9 Å². The molecule has 0 saturated heterocycles. The van der Waals surface area contributed by atoms with E-state index in [1.54, 1.807) is 30.5 Å². The van der Waals surface area contributed by atoms with Gasteiger partial charge in [0.15, 0.2) is 12.1 Å². The van der Waals surface area contributed by atoms with Crippen LogP contribution < -0.4 is 5.73 Å². The number of aldehydes is 1. The summed E-state index contributed by atoms with van der Waals surface area (Å²) in [6.45, 7) is 12.0. The third kappa shape index (κ3) is 4.98. The zero-order valence-electron chi connectivity index (χ0n) is 22.0. The molecule has 4 aromatic rings. The molecule has 0 fully saturated rings. The van der Waals surface area contributed by atoms with Crippen molar-refractivity contribution in [3.8, 4) is 22.5 Å². The van der Waals surface area contributed by atoms with Gasteiger partial charge in [-0.1, -0.05) is 56.0 Å². The Bertz CT molecular complexity index is 1550. The Labute approximate surface area is 218 Å². The third-order valence-corrected chi connectivity index (χ3v) is 11.3. The number of hydrogen-bond acceptors (Lipinski definition) is 7. The highest BCUT2D eigenvalue weighted by molar-refractivity contribution is 7.90. The number of benzene rings is 2. The van der Waals surface area contributed by atoms with E-state index >= 15 is 0 Å². The molecule has 4 rings (SSSR count). The summed E-state index contributed by atoms with van der Waals surface area (Å²) >= 11 is 0. The highest BCUT2D eigenvalue weighted by Crippen LogP contribution is 2.35. The van der Waals surface area contributed by atoms with E-state index in [1.807, 2.05) is 43.3 Å². The van der Waals surface area contributed by atoms with E-state index in [4.69, 9.17) is 10.5 Å². The van der Waals surface area contributed by atoms with Crippen molar-refractivity contribution < 1.29 is 17.9 Å². The molecule has 2 heterocycles. The van der Waals surface area contributed by atoms with Crippen LogP contribution in [0, 0.1) is 0 Å². The minimum absolute atomic E-state index is 0.0299. The minimum Gasteiger partial charge on any atom is -0.368 e. The summed E-state index contributed by atoms with van der Waals surface area (Å²) < 4.78 is 35.3. The molecule has 0 bridgehead atoms. The molecule has 1 unspecified atom stereocenters. The van der Waals surface area contributed by atoms with Crippen LogP contribution in [0.15, 0.2) is 48.5 Å². The van der Waals surface area contributed by atoms with E-state index in [1.165, 1.54) is 0 Å². The number of carbonyl (C=O) groups excluding carboxylic acids is 1. The maximum Gasteiger partial charge on any atom is 0.244 e. The molecular formula is C26H33N5O4SSi. The van der Waals surface area contributed by atoms with E-state index < -0.39 is 23.3 Å². The molecule has 2 aromatic carbocycles. The van der Waals surface area contributed by atoms with Crippen LogP contribution in [0.25, 0.3) is 33.5 Å². The summed E-state index contributed by atoms with van der Waals surface area (Å²) in [6.07, 6.45) is 0.711. The lowest BCUT2D eigenvalue weighted by molar-refractivity contribution is 0.0557. The van der Waals surface area contributed by atoms with Gasteiger partial charge >= 0.3 is 0 Å². The molecule has 2 aromatic heterocycles. The Hall–Kier alpha value is -3.28. The summed E-state index contributed by atoms with van der Waals surface area (Å²) in [5, 5.41) is -0.695. The average Bonchev–Trinajstić information content (AvgIpc) is 3.38. The summed E-state index contributed by atoms with van der Waals surface area (Å²) in [6, 6.07) is 14.8. The van der Waals surface area contributed by atoms with Gasteiger partial charge in [0.25, 0.3) is 0 Å². The number of ether oxygens (including phenoxy) is 1. The molecule has 37 heavy (non-hydrogen) atoms. The predicted octanol–water partition coefficient (Wildman–Crippen LogP) is 4.79. The number of nitrogens with two attached hydrogens (primary N) is 1. The van der Waals surface area contributed by atoms with Gasteiger partial charge in [-0.2, -0.15) is 0 Å². The fourth-order valence-corrected chi connectivity index (χ4v) is 5.63. The van der Waals surface area contributed by atoms with Gasteiger partial charge < -0.3 is 10.5 Å². The molecule has 0 aliphatic rings. The Balaban J connectivity index is 1.97. The van der Waals surface area contributed by atoms with Crippen LogP contribution in [0.3, 0.4) is 0 Å². The summed E-state index contributed by atoms with van der Waals surface area (Å²) in [7, 11) is -5.37. The van der Waals surface area contributed by atoms with Crippen molar-refractivity contribution in [2.24, 2.45) is 0 Å². The molecule has 0 aliphatic heterocycles. The quantitative estimate of drug-likeness (QED) is 0.240. The highest BCUT2D eigenvalue weighted by Gasteiger charge is 2.28. The molecule has 11 heteroatoms. The van der Waals surface area contributed by atoms with E-state index in [9.17, 15) is 13.2 Å². The van der Waals surface area contributed by atoms with Crippen LogP contribution in [-0.4, -0.2) is 52.3 Å². The Morgan fingerprint density at radius 2 is 1.70 bits per heavy atom. The van der Waals surface area contributed by atoms with Crippen molar-refractivity contribution in [1.82, 2.24) is 18.5 Å². The second-order valence-corrected chi connectivity index (χ2v) is 18.3. The van der Waals surface area contributed by atoms with Crippen LogP contribution in [0.2, 0.25) is 19.6 Å². The number of rotatable bonds is 9. The normalized spacial score (nSPS) is 13.4. The van der Waals surface area contributed by atoms with Crippen LogP contribution in [0.5, 0.6) is 0 Å². The molecule has 0 saturated carbocycles. The second kappa shape index (κ2) is 9.88. The van der Waals surface area contributed by atoms with Crippen molar-refractivity contribution in [3.05, 3.63) is 54.4 Å². The number of fused-ring (bicyclic) bond motifs is 1. The number of nitrogen functional groups attached to an aromatic ring is 1. The third-order valence-electron chi connectivity index (χ3n) is 6.58. The maximum atomic E-state index is 13.1. The first kappa shape index (κ1) is 26.8. The zero-order chi connectivity index (χ0) is 27.1. The lowest BCUT2D eigenvalue weighted by Gasteiger charge is -2.26. The van der Waals surface area contributed by atoms with Crippen LogP contribution in [0.4, 0.5) is 5.95 Å². The first-order valence-electron chi connectivity index (χ1n) is 12.1. The first-order chi connectivity index (χ1) is 17.4. The summed E-state index contributed by atoms with van der Waals surface area (Å²) in [5.74, 6) is 0.123. The number of imidazole rings is 2. The number of anilines is 1. The summed E-state index contributed by atoms with van der Waals surface area (Å²) in [4.78, 5) is 21.1. The average molecular weight is 540 g/mol. The molecule has 9 nitrogen and oxygen atoms in total. The fourth-order valence-electron chi connectivity index (χ4n) is 3.92. The van der Waals surface area contributed by atoms with Gasteiger partial charge in [0.05, 0.1) is 35.7 Å².